The van der Waals surface area contributed by atoms with Crippen LogP contribution < -0.4 is 15.8 Å². The number of halogens is 1. The zero-order valence-corrected chi connectivity index (χ0v) is 21.2. The first kappa shape index (κ1) is 25.8. The van der Waals surface area contributed by atoms with Gasteiger partial charge >= 0.3 is 0 Å². The summed E-state index contributed by atoms with van der Waals surface area (Å²) >= 11 is 11.5. The summed E-state index contributed by atoms with van der Waals surface area (Å²) < 4.78 is 16.6. The number of anilines is 1. The Morgan fingerprint density at radius 3 is 2.61 bits per heavy atom. The lowest BCUT2D eigenvalue weighted by atomic mass is 9.94. The second-order valence-electron chi connectivity index (χ2n) is 8.61. The monoisotopic (exact) mass is 498 g/mol. The maximum Gasteiger partial charge on any atom is 0.259 e. The van der Waals surface area contributed by atoms with Gasteiger partial charge in [0.1, 0.15) is 5.75 Å². The van der Waals surface area contributed by atoms with E-state index in [0.29, 0.717) is 39.7 Å². The van der Waals surface area contributed by atoms with Crippen molar-refractivity contribution in [3.63, 3.8) is 0 Å². The number of benzene rings is 1. The standard InChI is InChI=1S/C23H35ClN4O4S/c1-4-32-23(33)28-9-5-15(6-10-28)13-27-8-7-19(21(14-27)31-3)26-22(29)16-11-17(24)18(25)12-20(16)30-2/h11-12,15,19,21H,4-10,13-14,25H2,1-3H3,(H,26,29). The minimum Gasteiger partial charge on any atom is -0.496 e. The van der Waals surface area contributed by atoms with Crippen molar-refractivity contribution in [1.82, 2.24) is 15.1 Å². The first-order chi connectivity index (χ1) is 15.9. The second kappa shape index (κ2) is 12.1. The summed E-state index contributed by atoms with van der Waals surface area (Å²) in [5.41, 5.74) is 6.58. The third-order valence-electron chi connectivity index (χ3n) is 6.48. The lowest BCUT2D eigenvalue weighted by molar-refractivity contribution is -0.000522. The average Bonchev–Trinajstić information content (AvgIpc) is 2.82. The van der Waals surface area contributed by atoms with Crippen LogP contribution in [-0.2, 0) is 9.47 Å². The molecule has 2 heterocycles. The minimum absolute atomic E-state index is 0.0924. The molecule has 0 radical (unpaired) electrons. The lowest BCUT2D eigenvalue weighted by Crippen LogP contribution is -2.55. The molecule has 33 heavy (non-hydrogen) atoms. The minimum atomic E-state index is -0.244. The number of carbonyl (C=O) groups is 1. The molecule has 2 atom stereocenters. The molecule has 3 N–H and O–H groups in total. The van der Waals surface area contributed by atoms with Crippen LogP contribution in [0.15, 0.2) is 12.1 Å². The van der Waals surface area contributed by atoms with Gasteiger partial charge in [-0.1, -0.05) is 11.6 Å². The summed E-state index contributed by atoms with van der Waals surface area (Å²) in [5, 5.41) is 4.05. The van der Waals surface area contributed by atoms with Crippen LogP contribution in [0.25, 0.3) is 0 Å². The Morgan fingerprint density at radius 2 is 1.97 bits per heavy atom. The number of nitrogens with two attached hydrogens (primary N) is 1. The highest BCUT2D eigenvalue weighted by Crippen LogP contribution is 2.29. The van der Waals surface area contributed by atoms with Gasteiger partial charge in [0, 0.05) is 45.9 Å². The molecule has 1 aromatic rings. The molecule has 0 spiro atoms. The molecular weight excluding hydrogens is 464 g/mol. The van der Waals surface area contributed by atoms with Crippen molar-refractivity contribution in [2.45, 2.75) is 38.3 Å². The number of rotatable bonds is 7. The van der Waals surface area contributed by atoms with E-state index in [2.05, 4.69) is 15.1 Å². The van der Waals surface area contributed by atoms with Gasteiger partial charge in [0.25, 0.3) is 11.1 Å². The predicted molar refractivity (Wildman–Crippen MR) is 134 cm³/mol. The summed E-state index contributed by atoms with van der Waals surface area (Å²) in [4.78, 5) is 17.6. The predicted octanol–water partition coefficient (Wildman–Crippen LogP) is 2.78. The summed E-state index contributed by atoms with van der Waals surface area (Å²) in [7, 11) is 3.20. The van der Waals surface area contributed by atoms with E-state index >= 15 is 0 Å². The molecule has 8 nitrogen and oxygen atoms in total. The van der Waals surface area contributed by atoms with Crippen molar-refractivity contribution < 1.29 is 19.0 Å². The zero-order valence-electron chi connectivity index (χ0n) is 19.6. The second-order valence-corrected chi connectivity index (χ2v) is 9.36. The van der Waals surface area contributed by atoms with Gasteiger partial charge in [-0.05, 0) is 50.4 Å². The molecule has 2 aliphatic heterocycles. The molecule has 2 saturated heterocycles. The van der Waals surface area contributed by atoms with Gasteiger partial charge in [-0.2, -0.15) is 0 Å². The topological polar surface area (TPSA) is 89.3 Å². The highest BCUT2D eigenvalue weighted by molar-refractivity contribution is 7.80. The zero-order chi connectivity index (χ0) is 24.0. The number of hydrogen-bond donors (Lipinski definition) is 2. The fourth-order valence-corrected chi connectivity index (χ4v) is 5.05. The van der Waals surface area contributed by atoms with E-state index in [9.17, 15) is 4.79 Å². The van der Waals surface area contributed by atoms with Gasteiger partial charge in [-0.3, -0.25) is 4.79 Å². The van der Waals surface area contributed by atoms with E-state index in [0.717, 1.165) is 52.0 Å². The molecule has 2 unspecified atom stereocenters. The number of ether oxygens (including phenoxy) is 3. The van der Waals surface area contributed by atoms with Crippen LogP contribution in [0.3, 0.4) is 0 Å². The fourth-order valence-electron chi connectivity index (χ4n) is 4.59. The van der Waals surface area contributed by atoms with Crippen molar-refractivity contribution in [1.29, 1.82) is 0 Å². The number of piperidine rings is 2. The number of amides is 1. The largest absolute Gasteiger partial charge is 0.496 e. The maximum absolute atomic E-state index is 13.0. The van der Waals surface area contributed by atoms with Crippen LogP contribution in [0.1, 0.15) is 36.5 Å². The van der Waals surface area contributed by atoms with Gasteiger partial charge in [0.2, 0.25) is 0 Å². The molecule has 1 amide bonds. The van der Waals surface area contributed by atoms with Crippen LogP contribution in [-0.4, -0.2) is 86.6 Å². The summed E-state index contributed by atoms with van der Waals surface area (Å²) in [6.07, 6.45) is 2.91. The Hall–Kier alpha value is -1.81. The molecule has 0 saturated carbocycles. The van der Waals surface area contributed by atoms with Crippen LogP contribution in [0.2, 0.25) is 5.02 Å². The molecule has 184 valence electrons. The number of methoxy groups -OCH3 is 2. The third kappa shape index (κ3) is 6.62. The molecule has 2 fully saturated rings. The summed E-state index contributed by atoms with van der Waals surface area (Å²) in [5.74, 6) is 0.776. The number of thiocarbonyl (C=S) groups is 1. The van der Waals surface area contributed by atoms with E-state index in [1.165, 1.54) is 7.11 Å². The van der Waals surface area contributed by atoms with E-state index < -0.39 is 0 Å². The smallest absolute Gasteiger partial charge is 0.259 e. The first-order valence-electron chi connectivity index (χ1n) is 11.5. The van der Waals surface area contributed by atoms with Crippen molar-refractivity contribution in [2.75, 3.05) is 59.3 Å². The Balaban J connectivity index is 1.52. The molecular formula is C23H35ClN4O4S. The van der Waals surface area contributed by atoms with Gasteiger partial charge in [-0.15, -0.1) is 0 Å². The third-order valence-corrected chi connectivity index (χ3v) is 7.19. The van der Waals surface area contributed by atoms with Crippen LogP contribution in [0.5, 0.6) is 5.75 Å². The summed E-state index contributed by atoms with van der Waals surface area (Å²) in [6.45, 7) is 7.16. The highest BCUT2D eigenvalue weighted by Gasteiger charge is 2.33. The average molecular weight is 499 g/mol. The Bertz CT molecular complexity index is 835. The molecule has 3 rings (SSSR count). The molecule has 1 aromatic carbocycles. The van der Waals surface area contributed by atoms with Gasteiger partial charge in [-0.25, -0.2) is 0 Å². The van der Waals surface area contributed by atoms with Crippen LogP contribution in [0.4, 0.5) is 5.69 Å². The highest BCUT2D eigenvalue weighted by atomic mass is 35.5. The van der Waals surface area contributed by atoms with Crippen molar-refractivity contribution in [3.8, 4) is 5.75 Å². The van der Waals surface area contributed by atoms with Crippen molar-refractivity contribution >= 4 is 40.6 Å². The van der Waals surface area contributed by atoms with Crippen LogP contribution in [0, 0.1) is 5.92 Å². The normalized spacial score (nSPS) is 22.1. The number of nitrogens with zero attached hydrogens (tertiary/aromatic N) is 2. The number of nitrogens with one attached hydrogen (secondary N) is 1. The SMILES string of the molecule is CCOC(=S)N1CCC(CN2CCC(NC(=O)c3cc(Cl)c(N)cc3OC)C(OC)C2)CC1. The Morgan fingerprint density at radius 1 is 1.24 bits per heavy atom. The van der Waals surface area contributed by atoms with E-state index in [4.69, 9.17) is 43.8 Å². The van der Waals surface area contributed by atoms with Crippen molar-refractivity contribution in [2.24, 2.45) is 5.92 Å². The van der Waals surface area contributed by atoms with Gasteiger partial charge < -0.3 is 35.1 Å². The first-order valence-corrected chi connectivity index (χ1v) is 12.3. The molecule has 10 heteroatoms. The summed E-state index contributed by atoms with van der Waals surface area (Å²) in [6, 6.07) is 3.02. The van der Waals surface area contributed by atoms with E-state index in [1.54, 1.807) is 19.2 Å². The van der Waals surface area contributed by atoms with Crippen LogP contribution >= 0.6 is 23.8 Å². The number of nitrogen functional groups attached to an aromatic ring is 1. The lowest BCUT2D eigenvalue weighted by Gasteiger charge is -2.41. The van der Waals surface area contributed by atoms with E-state index in [1.807, 2.05) is 6.92 Å². The maximum atomic E-state index is 13.0. The van der Waals surface area contributed by atoms with E-state index in [-0.39, 0.29) is 18.1 Å². The fraction of sp³-hybridized carbons (Fsp3) is 0.652. The molecule has 0 aliphatic carbocycles. The van der Waals surface area contributed by atoms with Gasteiger partial charge in [0.15, 0.2) is 0 Å². The number of carbonyl (C=O) groups excluding carboxylic acids is 1. The molecule has 2 aliphatic rings. The van der Waals surface area contributed by atoms with Gasteiger partial charge in [0.05, 0.1) is 42.1 Å². The van der Waals surface area contributed by atoms with Crippen molar-refractivity contribution in [3.05, 3.63) is 22.7 Å². The Kier molecular flexibility index (Phi) is 9.43. The quantitative estimate of drug-likeness (QED) is 0.438. The number of hydrogen-bond acceptors (Lipinski definition) is 7. The Labute approximate surface area is 206 Å². The molecule has 0 bridgehead atoms. The molecule has 0 aromatic heterocycles. The number of likely N-dealkylation sites (tertiary alicyclic amines) is 2.